The number of sulfonamides is 1. The number of nitrogens with two attached hydrogens (primary N) is 1. The van der Waals surface area contributed by atoms with Gasteiger partial charge in [0.2, 0.25) is 15.9 Å². The van der Waals surface area contributed by atoms with E-state index in [1.54, 1.807) is 24.3 Å². The summed E-state index contributed by atoms with van der Waals surface area (Å²) in [5.41, 5.74) is 3.74. The molecule has 0 aliphatic heterocycles. The van der Waals surface area contributed by atoms with Crippen LogP contribution < -0.4 is 10.5 Å². The van der Waals surface area contributed by atoms with Crippen molar-refractivity contribution >= 4 is 43.8 Å². The molecule has 20 heteroatoms. The molecule has 4 aromatic heterocycles. The van der Waals surface area contributed by atoms with Crippen LogP contribution in [0.15, 0.2) is 42.5 Å². The second kappa shape index (κ2) is 12.0. The topological polar surface area (TPSA) is 166 Å². The van der Waals surface area contributed by atoms with Crippen LogP contribution >= 0.6 is 0 Å². The van der Waals surface area contributed by atoms with Gasteiger partial charge in [0.25, 0.3) is 5.92 Å². The van der Waals surface area contributed by atoms with Crippen LogP contribution in [0.5, 0.6) is 0 Å². The number of para-hydroxylation sites is 1. The van der Waals surface area contributed by atoms with Gasteiger partial charge >= 0.3 is 6.18 Å². The van der Waals surface area contributed by atoms with Gasteiger partial charge in [-0.2, -0.15) is 32.1 Å². The molecule has 3 aliphatic carbocycles. The fourth-order valence-corrected chi connectivity index (χ4v) is 8.79. The van der Waals surface area contributed by atoms with Gasteiger partial charge < -0.3 is 10.7 Å². The van der Waals surface area contributed by atoms with Crippen molar-refractivity contribution in [3.05, 3.63) is 88.1 Å². The Hall–Kier alpha value is -5.53. The lowest BCUT2D eigenvalue weighted by molar-refractivity contribution is -0.142. The molecule has 2 fully saturated rings. The number of rotatable bonds is 10. The summed E-state index contributed by atoms with van der Waals surface area (Å²) in [5.74, 6) is -10.8. The lowest BCUT2D eigenvalue weighted by Gasteiger charge is -2.29. The predicted molar refractivity (Wildman–Crippen MR) is 187 cm³/mol. The lowest BCUT2D eigenvalue weighted by Crippen LogP contribution is -2.37. The van der Waals surface area contributed by atoms with Crippen LogP contribution in [-0.4, -0.2) is 55.1 Å². The number of pyridine rings is 1. The number of benzene rings is 2. The van der Waals surface area contributed by atoms with E-state index in [1.165, 1.54) is 11.7 Å². The third-order valence-corrected chi connectivity index (χ3v) is 11.3. The zero-order valence-electron chi connectivity index (χ0n) is 29.3. The second-order valence-corrected chi connectivity index (χ2v) is 16.5. The minimum atomic E-state index is -5.18. The number of amides is 1. The van der Waals surface area contributed by atoms with Crippen molar-refractivity contribution < 1.29 is 43.9 Å². The maximum Gasteiger partial charge on any atom is 0.435 e. The standard InChI is InChI=1S/C36H30F7N9O3S/c1-51-27-18(4-3-5-19(27)33(49-51)50-56(2,54)55)20-13-24-34(47-32(45-24)15-6-7-15)46-26(20)22(10-14-8-16(37)11-17(38)9-14)28(31(44)53)52-30-25(29(48-52)36(41,42)43)21-12-23(21)35(30,39)40/h3-5,8-9,11,13,15,21-23,28H,6-7,10,12H2,1-2H3,(H2,44,53)(H,49,50)(H,45,46,47)/t21-,22+,23+,28?/m0/s1. The lowest BCUT2D eigenvalue weighted by atomic mass is 9.84. The SMILES string of the molecule is Cn1nc(NS(C)(=O)=O)c2cccc(-c3cc4[nH]c(C5CC5)nc4nc3[C@@H](Cc3cc(F)cc(F)c3)C(C(N)=O)n3nc(C(F)(F)F)c4c3C(F)(F)[C@@H]3C[C@H]43)c21. The molecular weight excluding hydrogens is 772 g/mol. The summed E-state index contributed by atoms with van der Waals surface area (Å²) in [7, 11) is -2.28. The number of nitrogens with zero attached hydrogens (tertiary/aromatic N) is 6. The number of hydrogen-bond donors (Lipinski definition) is 3. The average Bonchev–Trinajstić information content (AvgIpc) is 3.97. The normalized spacial score (nSPS) is 19.9. The molecule has 292 valence electrons. The van der Waals surface area contributed by atoms with Crippen LogP contribution in [0.2, 0.25) is 0 Å². The second-order valence-electron chi connectivity index (χ2n) is 14.8. The minimum Gasteiger partial charge on any atom is -0.368 e. The Bertz CT molecular complexity index is 2730. The molecule has 0 saturated heterocycles. The van der Waals surface area contributed by atoms with Gasteiger partial charge in [0.1, 0.15) is 29.2 Å². The van der Waals surface area contributed by atoms with Crippen LogP contribution in [-0.2, 0) is 40.4 Å². The first-order valence-electron chi connectivity index (χ1n) is 17.5. The summed E-state index contributed by atoms with van der Waals surface area (Å²) >= 11 is 0. The maximum absolute atomic E-state index is 16.1. The Kier molecular flexibility index (Phi) is 7.73. The quantitative estimate of drug-likeness (QED) is 0.133. The Morgan fingerprint density at radius 2 is 1.79 bits per heavy atom. The number of primary amides is 1. The summed E-state index contributed by atoms with van der Waals surface area (Å²) < 4.78 is 134. The van der Waals surface area contributed by atoms with Gasteiger partial charge in [0.05, 0.1) is 23.0 Å². The van der Waals surface area contributed by atoms with Gasteiger partial charge in [0.15, 0.2) is 17.2 Å². The number of nitrogens with one attached hydrogen (secondary N) is 2. The third kappa shape index (κ3) is 5.86. The molecule has 4 heterocycles. The highest BCUT2D eigenvalue weighted by Crippen LogP contribution is 2.69. The summed E-state index contributed by atoms with van der Waals surface area (Å²) in [4.78, 5) is 26.5. The fourth-order valence-electron chi connectivity index (χ4n) is 8.29. The van der Waals surface area contributed by atoms with Gasteiger partial charge in [-0.05, 0) is 61.4 Å². The van der Waals surface area contributed by atoms with Gasteiger partial charge in [0, 0.05) is 52.9 Å². The van der Waals surface area contributed by atoms with Crippen LogP contribution in [0.1, 0.15) is 77.1 Å². The molecule has 6 aromatic rings. The van der Waals surface area contributed by atoms with Crippen LogP contribution in [0, 0.1) is 17.6 Å². The Morgan fingerprint density at radius 1 is 1.07 bits per heavy atom. The van der Waals surface area contributed by atoms with Crippen LogP contribution in [0.25, 0.3) is 33.2 Å². The van der Waals surface area contributed by atoms with Crippen LogP contribution in [0.4, 0.5) is 36.6 Å². The molecule has 0 spiro atoms. The van der Waals surface area contributed by atoms with E-state index >= 15 is 8.78 Å². The number of carbonyl (C=O) groups excluding carboxylic acids is 1. The molecule has 2 saturated carbocycles. The van der Waals surface area contributed by atoms with Crippen molar-refractivity contribution in [2.24, 2.45) is 18.7 Å². The molecule has 12 nitrogen and oxygen atoms in total. The van der Waals surface area contributed by atoms with Crippen molar-refractivity contribution in [3.63, 3.8) is 0 Å². The van der Waals surface area contributed by atoms with Crippen molar-refractivity contribution in [1.29, 1.82) is 0 Å². The molecule has 0 bridgehead atoms. The summed E-state index contributed by atoms with van der Waals surface area (Å²) in [6, 6.07) is 6.75. The van der Waals surface area contributed by atoms with Crippen molar-refractivity contribution in [3.8, 4) is 11.1 Å². The Labute approximate surface area is 312 Å². The zero-order chi connectivity index (χ0) is 39.8. The number of H-pyrrole nitrogens is 1. The van der Waals surface area contributed by atoms with E-state index in [9.17, 15) is 35.2 Å². The monoisotopic (exact) mass is 801 g/mol. The highest BCUT2D eigenvalue weighted by atomic mass is 32.2. The fraction of sp³-hybridized carbons (Fsp3) is 0.361. The molecule has 1 unspecified atom stereocenters. The number of aryl methyl sites for hydroxylation is 1. The first-order valence-corrected chi connectivity index (χ1v) is 19.4. The van der Waals surface area contributed by atoms with E-state index in [0.29, 0.717) is 38.6 Å². The molecule has 2 aromatic carbocycles. The number of anilines is 1. The summed E-state index contributed by atoms with van der Waals surface area (Å²) in [6.07, 6.45) is -3.33. The predicted octanol–water partition coefficient (Wildman–Crippen LogP) is 6.52. The maximum atomic E-state index is 16.1. The number of hydrogen-bond acceptors (Lipinski definition) is 7. The Morgan fingerprint density at radius 3 is 2.43 bits per heavy atom. The molecule has 3 aliphatic rings. The van der Waals surface area contributed by atoms with Crippen molar-refractivity contribution in [2.45, 2.75) is 61.6 Å². The largest absolute Gasteiger partial charge is 0.435 e. The first-order chi connectivity index (χ1) is 26.3. The van der Waals surface area contributed by atoms with Gasteiger partial charge in [-0.25, -0.2) is 31.8 Å². The van der Waals surface area contributed by atoms with E-state index in [4.69, 9.17) is 10.7 Å². The van der Waals surface area contributed by atoms with Gasteiger partial charge in [-0.3, -0.25) is 14.2 Å². The highest BCUT2D eigenvalue weighted by Gasteiger charge is 2.69. The van der Waals surface area contributed by atoms with Gasteiger partial charge in [-0.15, -0.1) is 0 Å². The molecule has 4 atom stereocenters. The van der Waals surface area contributed by atoms with E-state index in [-0.39, 0.29) is 40.6 Å². The average molecular weight is 802 g/mol. The Balaban J connectivity index is 1.34. The number of halogens is 7. The van der Waals surface area contributed by atoms with E-state index in [2.05, 4.69) is 24.9 Å². The number of aromatic nitrogens is 7. The first kappa shape index (κ1) is 36.1. The summed E-state index contributed by atoms with van der Waals surface area (Å²) in [5, 5.41) is 8.32. The summed E-state index contributed by atoms with van der Waals surface area (Å²) in [6.45, 7) is 0. The zero-order valence-corrected chi connectivity index (χ0v) is 30.1. The van der Waals surface area contributed by atoms with E-state index in [0.717, 1.165) is 31.2 Å². The minimum absolute atomic E-state index is 0.0330. The van der Waals surface area contributed by atoms with Crippen LogP contribution in [0.3, 0.4) is 0 Å². The number of imidazole rings is 1. The molecule has 56 heavy (non-hydrogen) atoms. The molecule has 4 N–H and O–H groups in total. The number of fused-ring (bicyclic) bond motifs is 5. The number of carbonyl (C=O) groups is 1. The highest BCUT2D eigenvalue weighted by molar-refractivity contribution is 7.92. The van der Waals surface area contributed by atoms with E-state index in [1.807, 2.05) is 0 Å². The third-order valence-electron chi connectivity index (χ3n) is 10.7. The van der Waals surface area contributed by atoms with Crippen molar-refractivity contribution in [2.75, 3.05) is 11.0 Å². The smallest absolute Gasteiger partial charge is 0.368 e. The molecule has 0 radical (unpaired) electrons. The van der Waals surface area contributed by atoms with Gasteiger partial charge in [-0.1, -0.05) is 12.1 Å². The van der Waals surface area contributed by atoms with E-state index < -0.39 is 86.8 Å². The van der Waals surface area contributed by atoms with Crippen molar-refractivity contribution in [1.82, 2.24) is 34.5 Å². The number of aromatic amines is 1. The number of alkyl halides is 5. The molecular formula is C36H30F7N9O3S. The molecule has 9 rings (SSSR count). The molecule has 1 amide bonds.